The molecule has 0 aliphatic heterocycles. The van der Waals surface area contributed by atoms with Gasteiger partial charge in [0.2, 0.25) is 0 Å². The summed E-state index contributed by atoms with van der Waals surface area (Å²) in [7, 11) is 0. The van der Waals surface area contributed by atoms with Crippen molar-refractivity contribution < 1.29 is 168 Å². The van der Waals surface area contributed by atoms with Gasteiger partial charge in [0.05, 0.1) is 33.5 Å². The summed E-state index contributed by atoms with van der Waals surface area (Å²) < 4.78 is 310. The lowest BCUT2D eigenvalue weighted by atomic mass is 9.66. The maximum absolute atomic E-state index is 13.3. The van der Waals surface area contributed by atoms with Crippen LogP contribution in [-0.4, -0.2) is 145 Å². The molecule has 0 amide bonds. The zero-order valence-corrected chi connectivity index (χ0v) is 56.1. The Morgan fingerprint density at radius 3 is 1.05 bits per heavy atom. The first-order chi connectivity index (χ1) is 41.9. The topological polar surface area (TPSA) is 198 Å². The first-order valence-corrected chi connectivity index (χ1v) is 29.2. The van der Waals surface area contributed by atoms with Crippen molar-refractivity contribution in [2.24, 2.45) is 45.3 Å². The summed E-state index contributed by atoms with van der Waals surface area (Å²) in [5.41, 5.74) is -12.7. The van der Waals surface area contributed by atoms with E-state index in [0.717, 1.165) is 13.8 Å². The van der Waals surface area contributed by atoms with Gasteiger partial charge < -0.3 is 38.6 Å². The monoisotopic (exact) mass is 1450 g/mol. The van der Waals surface area contributed by atoms with Crippen LogP contribution in [0.4, 0.5) is 101 Å². The molecule has 37 heteroatoms. The van der Waals surface area contributed by atoms with Crippen LogP contribution in [0.15, 0.2) is 0 Å². The van der Waals surface area contributed by atoms with Gasteiger partial charge in [0.1, 0.15) is 6.10 Å². The van der Waals surface area contributed by atoms with Crippen molar-refractivity contribution in [3.8, 4) is 0 Å². The highest BCUT2D eigenvalue weighted by molar-refractivity contribution is 5.77. The number of esters is 6. The highest BCUT2D eigenvalue weighted by Crippen LogP contribution is 2.55. The minimum atomic E-state index is -6.28. The summed E-state index contributed by atoms with van der Waals surface area (Å²) in [4.78, 5) is 67.1. The van der Waals surface area contributed by atoms with Gasteiger partial charge in [0, 0.05) is 11.8 Å². The molecule has 0 aromatic heterocycles. The second-order valence-electron chi connectivity index (χ2n) is 24.7. The normalized spacial score (nSPS) is 18.4. The Kier molecular flexibility index (Phi) is 40.6. The number of rotatable bonds is 21. The van der Waals surface area contributed by atoms with E-state index in [2.05, 4.69) is 23.7 Å². The molecular weight excluding hydrogens is 1360 g/mol. The van der Waals surface area contributed by atoms with Crippen molar-refractivity contribution in [2.75, 3.05) is 19.9 Å². The van der Waals surface area contributed by atoms with Crippen LogP contribution >= 0.6 is 0 Å². The lowest BCUT2D eigenvalue weighted by Gasteiger charge is -2.47. The molecule has 0 bridgehead atoms. The molecule has 1 aliphatic carbocycles. The van der Waals surface area contributed by atoms with Crippen LogP contribution in [0.1, 0.15) is 189 Å². The highest BCUT2D eigenvalue weighted by Gasteiger charge is 2.75. The fourth-order valence-electron chi connectivity index (χ4n) is 5.93. The van der Waals surface area contributed by atoms with Crippen LogP contribution in [0.5, 0.6) is 0 Å². The Labute approximate surface area is 537 Å². The predicted molar refractivity (Wildman–Crippen MR) is 294 cm³/mol. The number of carbonyl (C=O) groups excluding carboxylic acids is 6. The molecule has 0 aromatic carbocycles. The van der Waals surface area contributed by atoms with Crippen LogP contribution in [0.25, 0.3) is 0 Å². The SMILES string of the molecule is CCC(C)(C)C(=O)OC(C)C(F)(F)F.CCC(C)(C)C(=O)OC(F)CF.CCC(C)(C)C(=O)OC1CC(C(C)(O)C(F)(F)F)CC(C(O)(C(F)(F)F)C(F)(F)F)C1.CCC(C)(C)C(=O)OCC(F)(F)F.CCC(C)C(=O)OC(C)C(F)(F)F.CCC(C)C(=O)OCC(F)(F)F. The molecule has 0 radical (unpaired) electrons. The Morgan fingerprint density at radius 2 is 0.737 bits per heavy atom. The van der Waals surface area contributed by atoms with Gasteiger partial charge in [-0.2, -0.15) is 96.6 Å². The highest BCUT2D eigenvalue weighted by atomic mass is 19.4. The van der Waals surface area contributed by atoms with Gasteiger partial charge >= 0.3 is 79.0 Å². The minimum absolute atomic E-state index is 0.167. The zero-order chi connectivity index (χ0) is 77.3. The van der Waals surface area contributed by atoms with Gasteiger partial charge in [-0.3, -0.25) is 28.8 Å². The summed E-state index contributed by atoms with van der Waals surface area (Å²) in [5.74, 6) is -11.0. The smallest absolute Gasteiger partial charge is 0.426 e. The molecule has 0 saturated heterocycles. The van der Waals surface area contributed by atoms with Crippen molar-refractivity contribution in [1.82, 2.24) is 0 Å². The number of halogens is 23. The molecule has 568 valence electrons. The fraction of sp³-hybridized carbons (Fsp3) is 0.897. The first kappa shape index (κ1) is 98.8. The van der Waals surface area contributed by atoms with E-state index in [1.54, 1.807) is 83.1 Å². The Bertz CT molecular complexity index is 2270. The predicted octanol–water partition coefficient (Wildman–Crippen LogP) is 17.3. The van der Waals surface area contributed by atoms with E-state index in [1.165, 1.54) is 27.7 Å². The Morgan fingerprint density at radius 1 is 0.421 bits per heavy atom. The molecule has 0 heterocycles. The summed E-state index contributed by atoms with van der Waals surface area (Å²) in [5, 5.41) is 19.6. The average molecular weight is 1450 g/mol. The molecule has 95 heavy (non-hydrogen) atoms. The van der Waals surface area contributed by atoms with Crippen LogP contribution in [0.2, 0.25) is 0 Å². The maximum Gasteiger partial charge on any atom is 0.426 e. The molecule has 0 spiro atoms. The van der Waals surface area contributed by atoms with Gasteiger partial charge in [-0.1, -0.05) is 55.4 Å². The Balaban J connectivity index is -0.000000361. The summed E-state index contributed by atoms with van der Waals surface area (Å²) in [6.07, 6.45) is -44.7. The fourth-order valence-corrected chi connectivity index (χ4v) is 5.93. The number of carbonyl (C=O) groups is 6. The van der Waals surface area contributed by atoms with E-state index in [0.29, 0.717) is 32.1 Å². The largest absolute Gasteiger partial charge is 0.462 e. The van der Waals surface area contributed by atoms with E-state index in [9.17, 15) is 140 Å². The molecule has 9 unspecified atom stereocenters. The van der Waals surface area contributed by atoms with Crippen LogP contribution < -0.4 is 0 Å². The molecule has 1 aliphatic rings. The summed E-state index contributed by atoms with van der Waals surface area (Å²) in [6.45, 7) is 23.0. The van der Waals surface area contributed by atoms with Gasteiger partial charge in [-0.05, 0) is 134 Å². The molecule has 14 nitrogen and oxygen atoms in total. The third-order valence-corrected chi connectivity index (χ3v) is 15.1. The van der Waals surface area contributed by atoms with Crippen LogP contribution in [0, 0.1) is 45.3 Å². The molecule has 0 aromatic rings. The second-order valence-corrected chi connectivity index (χ2v) is 24.7. The van der Waals surface area contributed by atoms with E-state index < -0.39 is 199 Å². The van der Waals surface area contributed by atoms with E-state index in [4.69, 9.17) is 4.74 Å². The van der Waals surface area contributed by atoms with Crippen molar-refractivity contribution in [3.05, 3.63) is 0 Å². The van der Waals surface area contributed by atoms with E-state index in [-0.39, 0.29) is 13.3 Å². The number of alkyl halides is 23. The molecule has 1 saturated carbocycles. The average Bonchev–Trinajstić information content (AvgIpc) is 0.736. The van der Waals surface area contributed by atoms with Crippen LogP contribution in [-0.2, 0) is 57.2 Å². The van der Waals surface area contributed by atoms with Crippen molar-refractivity contribution in [2.45, 2.75) is 268 Å². The lowest BCUT2D eigenvalue weighted by Crippen LogP contribution is -2.64. The van der Waals surface area contributed by atoms with E-state index in [1.807, 2.05) is 0 Å². The van der Waals surface area contributed by atoms with Crippen LogP contribution in [0.3, 0.4) is 0 Å². The van der Waals surface area contributed by atoms with Crippen molar-refractivity contribution in [1.29, 1.82) is 0 Å². The van der Waals surface area contributed by atoms with Gasteiger partial charge in [0.25, 0.3) is 12.0 Å². The third kappa shape index (κ3) is 36.5. The number of aliphatic hydroxyl groups is 2. The molecule has 1 rings (SSSR count). The quantitative estimate of drug-likeness (QED) is 0.0625. The first-order valence-electron chi connectivity index (χ1n) is 29.2. The zero-order valence-electron chi connectivity index (χ0n) is 56.1. The molecule has 9 atom stereocenters. The van der Waals surface area contributed by atoms with Gasteiger partial charge in [-0.25, -0.2) is 4.39 Å². The molecule has 1 fully saturated rings. The number of hydrogen-bond acceptors (Lipinski definition) is 14. The maximum atomic E-state index is 13.3. The van der Waals surface area contributed by atoms with Gasteiger partial charge in [0.15, 0.2) is 37.7 Å². The number of hydrogen-bond donors (Lipinski definition) is 2. The second kappa shape index (κ2) is 39.1. The van der Waals surface area contributed by atoms with E-state index >= 15 is 0 Å². The van der Waals surface area contributed by atoms with Gasteiger partial charge in [-0.15, -0.1) is 0 Å². The Hall–Kier alpha value is -4.87. The number of ether oxygens (including phenoxy) is 6. The third-order valence-electron chi connectivity index (χ3n) is 15.1. The standard InChI is InChI=1S/C18H25F9O4.C9H15F3O2.2C8H13F3O2.C8H14F2O2.C7H11F3O2/c1-5-13(2,3)12(28)31-11-7-9(14(4,29)16(19,20)21)6-10(8-11)15(30,17(22,23)24)18(25,26)27;1-5-8(3,4)7(13)14-6(2)9(10,11)12;1-4-7(2,3)6(12)13-5-8(9,10)11;1-4-5(2)7(12)13-6(3)8(9,10)11;1-4-8(2,3)7(11)12-6(10)5-9;1-3-5(2)6(11)12-4-7(8,9)10/h9-11,29-30H,5-8H2,1-4H3;6H,5H2,1-4H3;4-5H2,1-3H3;5-6H,4H2,1-3H3;6H,4-5H2,1-3H3;5H,3-4H2,1-2H3. The minimum Gasteiger partial charge on any atom is -0.462 e. The lowest BCUT2D eigenvalue weighted by molar-refractivity contribution is -0.391. The van der Waals surface area contributed by atoms with Crippen molar-refractivity contribution >= 4 is 35.8 Å². The van der Waals surface area contributed by atoms with Crippen molar-refractivity contribution in [3.63, 3.8) is 0 Å². The molecule has 2 N–H and O–H groups in total. The summed E-state index contributed by atoms with van der Waals surface area (Å²) >= 11 is 0. The summed E-state index contributed by atoms with van der Waals surface area (Å²) in [6, 6.07) is 0. The molecular formula is C58H91F23O14.